The van der Waals surface area contributed by atoms with Crippen molar-refractivity contribution < 1.29 is 28.8 Å². The number of hydrogen-bond donors (Lipinski definition) is 2. The van der Waals surface area contributed by atoms with E-state index < -0.39 is 35.4 Å². The summed E-state index contributed by atoms with van der Waals surface area (Å²) in [6.45, 7) is 2.22. The van der Waals surface area contributed by atoms with Crippen LogP contribution in [0.25, 0.3) is 0 Å². The molecule has 0 aliphatic rings. The maximum absolute atomic E-state index is 12.2. The largest absolute Gasteiger partial charge is 0.451 e. The van der Waals surface area contributed by atoms with Crippen LogP contribution in [-0.2, 0) is 14.3 Å². The van der Waals surface area contributed by atoms with Gasteiger partial charge in [-0.05, 0) is 32.0 Å². The number of carbonyl (C=O) groups is 4. The zero-order chi connectivity index (χ0) is 22.3. The number of nitro benzene ring substituents is 1. The average Bonchev–Trinajstić information content (AvgIpc) is 2.72. The van der Waals surface area contributed by atoms with E-state index in [9.17, 15) is 29.3 Å². The number of rotatable bonds is 8. The second-order valence-electron chi connectivity index (χ2n) is 6.25. The number of anilines is 1. The van der Waals surface area contributed by atoms with Crippen molar-refractivity contribution >= 4 is 34.9 Å². The third-order valence-corrected chi connectivity index (χ3v) is 3.93. The second-order valence-corrected chi connectivity index (χ2v) is 6.25. The lowest BCUT2D eigenvalue weighted by atomic mass is 10.1. The molecule has 30 heavy (non-hydrogen) atoms. The lowest BCUT2D eigenvalue weighted by Gasteiger charge is -2.14. The zero-order valence-corrected chi connectivity index (χ0v) is 16.2. The van der Waals surface area contributed by atoms with Crippen LogP contribution in [0, 0.1) is 10.1 Å². The highest BCUT2D eigenvalue weighted by molar-refractivity contribution is 5.99. The molecule has 0 saturated heterocycles. The van der Waals surface area contributed by atoms with E-state index in [1.165, 1.54) is 38.1 Å². The molecule has 156 valence electrons. The molecule has 2 aromatic rings. The van der Waals surface area contributed by atoms with Crippen LogP contribution in [0.1, 0.15) is 34.6 Å². The first-order valence-corrected chi connectivity index (χ1v) is 8.81. The highest BCUT2D eigenvalue weighted by Crippen LogP contribution is 2.13. The summed E-state index contributed by atoms with van der Waals surface area (Å²) in [5.41, 5.74) is 0.536. The van der Waals surface area contributed by atoms with Gasteiger partial charge in [-0.15, -0.1) is 0 Å². The van der Waals surface area contributed by atoms with Crippen LogP contribution in [0.3, 0.4) is 0 Å². The molecule has 0 saturated carbocycles. The molecule has 0 aliphatic heterocycles. The Morgan fingerprint density at radius 3 is 2.40 bits per heavy atom. The van der Waals surface area contributed by atoms with E-state index in [0.717, 1.165) is 6.07 Å². The molecule has 0 radical (unpaired) electrons. The van der Waals surface area contributed by atoms with Gasteiger partial charge in [-0.3, -0.25) is 29.3 Å². The molecule has 0 bridgehead atoms. The molecule has 1 atom stereocenters. The number of amides is 2. The van der Waals surface area contributed by atoms with Crippen LogP contribution < -0.4 is 10.6 Å². The Balaban J connectivity index is 1.86. The molecule has 0 spiro atoms. The van der Waals surface area contributed by atoms with Gasteiger partial charge in [-0.1, -0.05) is 18.2 Å². The van der Waals surface area contributed by atoms with Crippen LogP contribution in [-0.4, -0.2) is 41.1 Å². The van der Waals surface area contributed by atoms with Crippen molar-refractivity contribution in [3.63, 3.8) is 0 Å². The maximum Gasteiger partial charge on any atom is 0.326 e. The minimum atomic E-state index is -1.16. The molecule has 10 nitrogen and oxygen atoms in total. The smallest absolute Gasteiger partial charge is 0.326 e. The van der Waals surface area contributed by atoms with E-state index >= 15 is 0 Å². The fraction of sp³-hybridized carbons (Fsp3) is 0.200. The fourth-order valence-corrected chi connectivity index (χ4v) is 2.37. The fourth-order valence-electron chi connectivity index (χ4n) is 2.37. The van der Waals surface area contributed by atoms with Crippen molar-refractivity contribution in [1.82, 2.24) is 5.32 Å². The van der Waals surface area contributed by atoms with Gasteiger partial charge < -0.3 is 15.4 Å². The van der Waals surface area contributed by atoms with Crippen molar-refractivity contribution in [2.24, 2.45) is 0 Å². The third-order valence-electron chi connectivity index (χ3n) is 3.93. The summed E-state index contributed by atoms with van der Waals surface area (Å²) in [4.78, 5) is 57.6. The summed E-state index contributed by atoms with van der Waals surface area (Å²) in [7, 11) is 0. The number of esters is 1. The normalized spacial score (nSPS) is 11.1. The number of benzene rings is 2. The van der Waals surface area contributed by atoms with Crippen LogP contribution in [0.4, 0.5) is 11.4 Å². The van der Waals surface area contributed by atoms with Crippen LogP contribution >= 0.6 is 0 Å². The molecule has 0 aromatic heterocycles. The lowest BCUT2D eigenvalue weighted by molar-refractivity contribution is -0.384. The van der Waals surface area contributed by atoms with Gasteiger partial charge in [-0.2, -0.15) is 0 Å². The molecule has 0 heterocycles. The Morgan fingerprint density at radius 2 is 1.73 bits per heavy atom. The minimum Gasteiger partial charge on any atom is -0.451 e. The Bertz CT molecular complexity index is 1000. The van der Waals surface area contributed by atoms with Crippen LogP contribution in [0.5, 0.6) is 0 Å². The molecular formula is C20H19N3O7. The van der Waals surface area contributed by atoms with Crippen molar-refractivity contribution in [1.29, 1.82) is 0 Å². The van der Waals surface area contributed by atoms with Gasteiger partial charge >= 0.3 is 5.97 Å². The first-order chi connectivity index (χ1) is 14.2. The number of Topliss-reactive ketones (excluding diaryl/α,β-unsaturated/α-hetero) is 1. The third kappa shape index (κ3) is 6.23. The molecule has 2 rings (SSSR count). The zero-order valence-electron chi connectivity index (χ0n) is 16.2. The van der Waals surface area contributed by atoms with Crippen molar-refractivity contribution in [2.45, 2.75) is 20.0 Å². The number of nitrogens with zero attached hydrogens (tertiary/aromatic N) is 1. The first kappa shape index (κ1) is 22.2. The van der Waals surface area contributed by atoms with Crippen molar-refractivity contribution in [3.05, 3.63) is 69.8 Å². The van der Waals surface area contributed by atoms with Crippen molar-refractivity contribution in [2.75, 3.05) is 11.9 Å². The van der Waals surface area contributed by atoms with E-state index in [4.69, 9.17) is 4.74 Å². The molecule has 0 aliphatic carbocycles. The highest BCUT2D eigenvalue weighted by Gasteiger charge is 2.19. The maximum atomic E-state index is 12.2. The standard InChI is InChI=1S/C20H19N3O7/c1-12(24)14-5-3-7-16(9-14)22-19(26)13(2)30-18(25)11-21-20(27)15-6-4-8-17(10-15)23(28)29/h3-10,13H,11H2,1-2H3,(H,21,27)(H,22,26)/t13-/m1/s1. The molecule has 10 heteroatoms. The predicted molar refractivity (Wildman–Crippen MR) is 106 cm³/mol. The van der Waals surface area contributed by atoms with Gasteiger partial charge in [0.15, 0.2) is 11.9 Å². The predicted octanol–water partition coefficient (Wildman–Crippen LogP) is 2.10. The van der Waals surface area contributed by atoms with Gasteiger partial charge in [0.1, 0.15) is 6.54 Å². The number of ether oxygens (including phenoxy) is 1. The number of non-ortho nitro benzene ring substituents is 1. The number of nitro groups is 1. The average molecular weight is 413 g/mol. The second kappa shape index (κ2) is 9.92. The number of hydrogen-bond acceptors (Lipinski definition) is 7. The van der Waals surface area contributed by atoms with Crippen LogP contribution in [0.2, 0.25) is 0 Å². The SMILES string of the molecule is CC(=O)c1cccc(NC(=O)[C@@H](C)OC(=O)CNC(=O)c2cccc([N+](=O)[O-])c2)c1. The Kier molecular flexibility index (Phi) is 7.34. The summed E-state index contributed by atoms with van der Waals surface area (Å²) in [5, 5.41) is 15.6. The number of nitrogens with one attached hydrogen (secondary N) is 2. The number of carbonyl (C=O) groups excluding carboxylic acids is 4. The summed E-state index contributed by atoms with van der Waals surface area (Å²) in [6, 6.07) is 11.3. The van der Waals surface area contributed by atoms with E-state index in [0.29, 0.717) is 11.3 Å². The topological polar surface area (TPSA) is 145 Å². The summed E-state index contributed by atoms with van der Waals surface area (Å²) < 4.78 is 4.97. The summed E-state index contributed by atoms with van der Waals surface area (Å²) in [6.07, 6.45) is -1.16. The first-order valence-electron chi connectivity index (χ1n) is 8.81. The molecule has 0 fully saturated rings. The lowest BCUT2D eigenvalue weighted by Crippen LogP contribution is -2.35. The van der Waals surface area contributed by atoms with Crippen LogP contribution in [0.15, 0.2) is 48.5 Å². The number of ketones is 1. The molecule has 2 N–H and O–H groups in total. The molecule has 2 amide bonds. The van der Waals surface area contributed by atoms with E-state index in [1.807, 2.05) is 0 Å². The Labute approximate surface area is 171 Å². The quantitative estimate of drug-likeness (QED) is 0.292. The van der Waals surface area contributed by atoms with Gasteiger partial charge in [0.05, 0.1) is 4.92 Å². The van der Waals surface area contributed by atoms with Crippen molar-refractivity contribution in [3.8, 4) is 0 Å². The highest BCUT2D eigenvalue weighted by atomic mass is 16.6. The molecular weight excluding hydrogens is 394 g/mol. The van der Waals surface area contributed by atoms with E-state index in [2.05, 4.69) is 10.6 Å². The van der Waals surface area contributed by atoms with Gasteiger partial charge in [0.25, 0.3) is 17.5 Å². The summed E-state index contributed by atoms with van der Waals surface area (Å²) >= 11 is 0. The van der Waals surface area contributed by atoms with Gasteiger partial charge in [0.2, 0.25) is 0 Å². The molecule has 2 aromatic carbocycles. The summed E-state index contributed by atoms with van der Waals surface area (Å²) in [5.74, 6) is -2.35. The Hall–Kier alpha value is -4.08. The van der Waals surface area contributed by atoms with E-state index in [1.54, 1.807) is 18.2 Å². The van der Waals surface area contributed by atoms with Gasteiger partial charge in [0, 0.05) is 28.9 Å². The monoisotopic (exact) mass is 413 g/mol. The van der Waals surface area contributed by atoms with E-state index in [-0.39, 0.29) is 17.0 Å². The van der Waals surface area contributed by atoms with Gasteiger partial charge in [-0.25, -0.2) is 0 Å². The minimum absolute atomic E-state index is 0.00754. The molecule has 0 unspecified atom stereocenters. The Morgan fingerprint density at radius 1 is 1.07 bits per heavy atom.